The first kappa shape index (κ1) is 74.9. The van der Waals surface area contributed by atoms with Crippen LogP contribution in [0.2, 0.25) is 0 Å². The van der Waals surface area contributed by atoms with Crippen LogP contribution in [0.3, 0.4) is 0 Å². The third-order valence-electron chi connectivity index (χ3n) is 13.7. The molecule has 0 saturated heterocycles. The van der Waals surface area contributed by atoms with Gasteiger partial charge in [-0.25, -0.2) is 4.57 Å². The number of nitrogens with one attached hydrogen (secondary N) is 1. The van der Waals surface area contributed by atoms with E-state index < -0.39 is 20.0 Å². The first-order chi connectivity index (χ1) is 37.9. The van der Waals surface area contributed by atoms with Gasteiger partial charge in [-0.3, -0.25) is 18.6 Å². The van der Waals surface area contributed by atoms with Crippen molar-refractivity contribution >= 4 is 19.7 Å². The van der Waals surface area contributed by atoms with Gasteiger partial charge in [-0.05, 0) is 115 Å². The highest BCUT2D eigenvalue weighted by molar-refractivity contribution is 7.47. The van der Waals surface area contributed by atoms with Crippen molar-refractivity contribution < 1.29 is 37.3 Å². The minimum atomic E-state index is -4.46. The van der Waals surface area contributed by atoms with E-state index in [4.69, 9.17) is 13.8 Å². The van der Waals surface area contributed by atoms with Crippen molar-refractivity contribution in [2.24, 2.45) is 0 Å². The number of quaternary nitrogens is 1. The lowest BCUT2D eigenvalue weighted by Crippen LogP contribution is -2.47. The van der Waals surface area contributed by atoms with Gasteiger partial charge in [-0.2, -0.15) is 0 Å². The monoisotopic (exact) mass is 1110 g/mol. The van der Waals surface area contributed by atoms with Crippen molar-refractivity contribution in [1.29, 1.82) is 0 Å². The molecule has 0 bridgehead atoms. The van der Waals surface area contributed by atoms with Crippen LogP contribution in [-0.2, 0) is 27.9 Å². The number of carbonyl (C=O) groups is 2. The highest BCUT2D eigenvalue weighted by Gasteiger charge is 2.30. The fraction of sp³-hybridized carbons (Fsp3) is 0.735. The van der Waals surface area contributed by atoms with Crippen molar-refractivity contribution in [3.05, 3.63) is 97.2 Å². The molecule has 0 spiro atoms. The molecule has 10 heteroatoms. The number of hydrogen-bond donors (Lipinski definition) is 2. The summed E-state index contributed by atoms with van der Waals surface area (Å²) in [5, 5.41) is 3.04. The van der Waals surface area contributed by atoms with Gasteiger partial charge in [0.1, 0.15) is 19.3 Å². The Kier molecular flexibility index (Phi) is 54.9. The zero-order chi connectivity index (χ0) is 57.2. The van der Waals surface area contributed by atoms with E-state index in [0.29, 0.717) is 17.4 Å². The Balaban J connectivity index is 5.27. The topological polar surface area (TPSA) is 111 Å². The number of rotatable bonds is 57. The number of esters is 1. The molecule has 0 saturated carbocycles. The molecule has 3 atom stereocenters. The summed E-state index contributed by atoms with van der Waals surface area (Å²) in [6.07, 6.45) is 76.8. The maximum absolute atomic E-state index is 13.5. The number of ether oxygens (including phenoxy) is 1. The summed E-state index contributed by atoms with van der Waals surface area (Å²) in [6, 6.07) is -0.870. The molecule has 0 heterocycles. The molecule has 0 aliphatic rings. The molecule has 450 valence electrons. The van der Waals surface area contributed by atoms with Gasteiger partial charge in [0.25, 0.3) is 0 Å². The van der Waals surface area contributed by atoms with E-state index in [1.54, 1.807) is 0 Å². The molecule has 0 aliphatic carbocycles. The van der Waals surface area contributed by atoms with Crippen molar-refractivity contribution in [1.82, 2.24) is 5.32 Å². The zero-order valence-electron chi connectivity index (χ0n) is 51.4. The van der Waals surface area contributed by atoms with Gasteiger partial charge < -0.3 is 19.4 Å². The summed E-state index contributed by atoms with van der Waals surface area (Å²) >= 11 is 0. The molecule has 78 heavy (non-hydrogen) atoms. The molecule has 9 nitrogen and oxygen atoms in total. The lowest BCUT2D eigenvalue weighted by Gasteiger charge is -2.27. The smallest absolute Gasteiger partial charge is 0.456 e. The normalized spacial score (nSPS) is 14.3. The number of allylic oxidation sites excluding steroid dienone is 15. The Hall–Kier alpha value is -3.07. The van der Waals surface area contributed by atoms with Gasteiger partial charge in [-0.1, -0.05) is 240 Å². The average Bonchev–Trinajstić information content (AvgIpc) is 3.40. The summed E-state index contributed by atoms with van der Waals surface area (Å²) in [7, 11) is 1.46. The maximum Gasteiger partial charge on any atom is 0.472 e. The second-order valence-corrected chi connectivity index (χ2v) is 24.0. The number of phosphoric acid groups is 1. The van der Waals surface area contributed by atoms with E-state index in [1.807, 2.05) is 33.3 Å². The standard InChI is InChI=1S/C68H121N2O7P/c1-7-10-13-16-19-22-25-28-30-32-33-34-35-36-37-39-41-43-46-49-52-55-58-61-68(72)77-66(59-56-53-50-47-44-27-24-21-18-15-12-9-3)65(64-76-78(73,74)75-63-62-70(4,5)6)69-67(71)60-57-54-51-48-45-42-40-38-31-29-26-23-20-17-14-11-8-2/h19-20,22-23,28-31,33-34,36-37,40,42,56,59,65-66H,7-18,21,24-27,32,35,38-39,41,43-55,57-58,60-64H2,1-6H3,(H-,69,71,73,74)/p+1/b22-19-,23-20-,30-28-,31-29-,34-33-,37-36-,42-40-,59-56-. The number of amides is 1. The SMILES string of the molecule is CCCCC/C=C\C/C=C\C/C=C\C/C=C\CCCCCCCCCC(=O)OC(/C=C\CCCCCCCCCCCC)C(COP(=O)(O)OCC[N+](C)(C)C)NC(=O)CCCCCC/C=C\C/C=C\C/C=C\CCCCC. The molecule has 0 aromatic heterocycles. The van der Waals surface area contributed by atoms with Crippen LogP contribution in [0.4, 0.5) is 0 Å². The van der Waals surface area contributed by atoms with Gasteiger partial charge in [0.15, 0.2) is 0 Å². The minimum Gasteiger partial charge on any atom is -0.456 e. The molecule has 2 N–H and O–H groups in total. The Morgan fingerprint density at radius 2 is 0.782 bits per heavy atom. The van der Waals surface area contributed by atoms with Gasteiger partial charge in [-0.15, -0.1) is 0 Å². The molecule has 0 aromatic carbocycles. The van der Waals surface area contributed by atoms with Crippen LogP contribution in [0.5, 0.6) is 0 Å². The first-order valence-corrected chi connectivity index (χ1v) is 33.6. The van der Waals surface area contributed by atoms with Crippen LogP contribution >= 0.6 is 7.82 Å². The largest absolute Gasteiger partial charge is 0.472 e. The zero-order valence-corrected chi connectivity index (χ0v) is 52.3. The van der Waals surface area contributed by atoms with Crippen molar-refractivity contribution in [3.8, 4) is 0 Å². The fourth-order valence-corrected chi connectivity index (χ4v) is 9.49. The molecule has 0 radical (unpaired) electrons. The lowest BCUT2D eigenvalue weighted by molar-refractivity contribution is -0.870. The van der Waals surface area contributed by atoms with Gasteiger partial charge in [0, 0.05) is 12.8 Å². The Morgan fingerprint density at radius 3 is 1.19 bits per heavy atom. The molecular formula is C68H122N2O7P+. The summed E-state index contributed by atoms with van der Waals surface area (Å²) in [4.78, 5) is 37.7. The fourth-order valence-electron chi connectivity index (χ4n) is 8.75. The van der Waals surface area contributed by atoms with Crippen LogP contribution < -0.4 is 5.32 Å². The Labute approximate surface area is 481 Å². The summed E-state index contributed by atoms with van der Waals surface area (Å²) in [5.41, 5.74) is 0. The molecule has 0 rings (SSSR count). The maximum atomic E-state index is 13.5. The highest BCUT2D eigenvalue weighted by Crippen LogP contribution is 2.43. The van der Waals surface area contributed by atoms with E-state index in [1.165, 1.54) is 122 Å². The summed E-state index contributed by atoms with van der Waals surface area (Å²) < 4.78 is 30.7. The molecule has 0 aromatic rings. The van der Waals surface area contributed by atoms with E-state index >= 15 is 0 Å². The predicted octanol–water partition coefficient (Wildman–Crippen LogP) is 19.9. The van der Waals surface area contributed by atoms with E-state index in [2.05, 4.69) is 111 Å². The number of nitrogens with zero attached hydrogens (tertiary/aromatic N) is 1. The second kappa shape index (κ2) is 57.2. The van der Waals surface area contributed by atoms with Crippen LogP contribution in [0.15, 0.2) is 97.2 Å². The Bertz CT molecular complexity index is 1660. The quantitative estimate of drug-likeness (QED) is 0.0205. The van der Waals surface area contributed by atoms with Crippen LogP contribution in [0.1, 0.15) is 271 Å². The molecule has 0 fully saturated rings. The molecular weight excluding hydrogens is 988 g/mol. The van der Waals surface area contributed by atoms with Crippen LogP contribution in [0.25, 0.3) is 0 Å². The summed E-state index contributed by atoms with van der Waals surface area (Å²) in [6.45, 7) is 6.93. The lowest BCUT2D eigenvalue weighted by atomic mass is 10.0. The van der Waals surface area contributed by atoms with Crippen LogP contribution in [0, 0.1) is 0 Å². The van der Waals surface area contributed by atoms with Gasteiger partial charge >= 0.3 is 13.8 Å². The average molecular weight is 1110 g/mol. The van der Waals surface area contributed by atoms with E-state index in [9.17, 15) is 19.0 Å². The third kappa shape index (κ3) is 57.6. The second-order valence-electron chi connectivity index (χ2n) is 22.6. The third-order valence-corrected chi connectivity index (χ3v) is 14.7. The Morgan fingerprint density at radius 1 is 0.449 bits per heavy atom. The number of hydrogen-bond acceptors (Lipinski definition) is 6. The highest BCUT2D eigenvalue weighted by atomic mass is 31.2. The van der Waals surface area contributed by atoms with Gasteiger partial charge in [0.2, 0.25) is 5.91 Å². The predicted molar refractivity (Wildman–Crippen MR) is 337 cm³/mol. The van der Waals surface area contributed by atoms with Crippen molar-refractivity contribution in [2.75, 3.05) is 40.9 Å². The number of carbonyl (C=O) groups excluding carboxylic acids is 2. The molecule has 0 aliphatic heterocycles. The first-order valence-electron chi connectivity index (χ1n) is 32.1. The molecule has 1 amide bonds. The van der Waals surface area contributed by atoms with Gasteiger partial charge in [0.05, 0.1) is 33.8 Å². The summed E-state index contributed by atoms with van der Waals surface area (Å²) in [5.74, 6) is -0.545. The number of unbranched alkanes of at least 4 members (excludes halogenated alkanes) is 27. The minimum absolute atomic E-state index is 0.0293. The molecule has 3 unspecified atom stereocenters. The van der Waals surface area contributed by atoms with Crippen LogP contribution in [-0.4, -0.2) is 74.3 Å². The number of likely N-dealkylation sites (N-methyl/N-ethyl adjacent to an activating group) is 1. The van der Waals surface area contributed by atoms with E-state index in [-0.39, 0.29) is 31.5 Å². The number of phosphoric ester groups is 1. The van der Waals surface area contributed by atoms with Crippen molar-refractivity contribution in [3.63, 3.8) is 0 Å². The van der Waals surface area contributed by atoms with Crippen molar-refractivity contribution in [2.45, 2.75) is 283 Å². The van der Waals surface area contributed by atoms with E-state index in [0.717, 1.165) is 116 Å².